The number of Topliss-reactive ketones (excluding diaryl/α,β-unsaturated/α-hetero) is 6. The molecule has 1 aromatic heterocycles. The van der Waals surface area contributed by atoms with E-state index in [1.54, 1.807) is 109 Å². The number of rotatable bonds is 7. The lowest BCUT2D eigenvalue weighted by Gasteiger charge is -2.30. The number of amidine groups is 6. The standard InChI is InChI=1S/C20H17N3O2.C19H14FN3O2.C19H15N3O2.C19H18N2O2.C18H16N2O2.C17H14ClN3O3/c1-12-3-6-17-16(9-12)18(24)20(25)7-8-23(19(20)22-17)15-5-4-14(11-21)13(2)10-15;1-11-8-16-14(9-15(11)20)17(24)19(25)6-7-23(18(19)22-16)13-4-2-12(10-21)3-5-13;1-12-2-7-16-15(10-12)17(23)19(24)8-9-22(18(19)21-16)14-5-3-13(11-20)4-6-14;1-12-10-15-16(11-13(12)2)20-18-19(23,17(15)22)8-9-21(18)14-6-4-3-5-7-14;1-12-7-8-15-14(11-12)16(21)18(22)9-10-20(17(18)19-15)13-5-3-2-4-6-13;1-24-14-9-11(4-6-19-14)21-7-5-17(23)15(22)12-8-10(18)2-3-13(12)20-16(17)21/h3-6,9-10,25H,7-8H2,1-2H3;2-5,8-9,25H,6-7H2,1H3;2-7,10,24H,8-9H2,1H3;3-7,10-11,23H,8-9H2,1-2H3;2-8,11,22H,9-10H2,1H3;2-4,6,8-9,23H,5,7H2,1H3/t20-;3*19-;18-;17-/m111111/s1. The first-order valence-electron chi connectivity index (χ1n) is 46.5. The lowest BCUT2D eigenvalue weighted by Crippen LogP contribution is -2.48. The number of para-hydroxylation sites is 2. The largest absolute Gasteiger partial charge is 0.481 e. The van der Waals surface area contributed by atoms with Crippen molar-refractivity contribution in [2.75, 3.05) is 75.8 Å². The van der Waals surface area contributed by atoms with E-state index in [0.717, 1.165) is 73.6 Å². The number of methoxy groups -OCH3 is 1. The summed E-state index contributed by atoms with van der Waals surface area (Å²) in [6.45, 7) is 16.2. The van der Waals surface area contributed by atoms with Crippen LogP contribution < -0.4 is 34.1 Å². The molecule has 13 heterocycles. The Labute approximate surface area is 827 Å². The monoisotopic (exact) mass is 1920 g/mol. The number of aromatic nitrogens is 1. The third-order valence-electron chi connectivity index (χ3n) is 28.0. The Morgan fingerprint density at radius 1 is 0.315 bits per heavy atom. The number of aliphatic imine (C=N–C) groups is 6. The zero-order valence-corrected chi connectivity index (χ0v) is 79.8. The Bertz CT molecular complexity index is 7740. The van der Waals surface area contributed by atoms with E-state index in [1.807, 2.05) is 200 Å². The van der Waals surface area contributed by atoms with Crippen LogP contribution in [0.4, 0.5) is 72.6 Å². The van der Waals surface area contributed by atoms with Gasteiger partial charge in [0.05, 0.1) is 76.1 Å². The number of fused-ring (bicyclic) bond motifs is 12. The van der Waals surface area contributed by atoms with Crippen LogP contribution in [0.15, 0.2) is 273 Å². The number of pyridine rings is 1. The molecular formula is C112H94ClFN16O13. The maximum atomic E-state index is 13.8. The second-order valence-electron chi connectivity index (χ2n) is 37.1. The van der Waals surface area contributed by atoms with Crippen molar-refractivity contribution in [3.63, 3.8) is 0 Å². The van der Waals surface area contributed by atoms with Crippen LogP contribution in [-0.2, 0) is 0 Å². The van der Waals surface area contributed by atoms with Gasteiger partial charge in [0, 0.05) is 163 Å². The van der Waals surface area contributed by atoms with Gasteiger partial charge in [0.2, 0.25) is 40.6 Å². The highest BCUT2D eigenvalue weighted by atomic mass is 35.5. The highest BCUT2D eigenvalue weighted by molar-refractivity contribution is 6.35. The van der Waals surface area contributed by atoms with Gasteiger partial charge in [-0.25, -0.2) is 39.3 Å². The predicted octanol–water partition coefficient (Wildman–Crippen LogP) is 17.3. The first-order valence-corrected chi connectivity index (χ1v) is 46.9. The highest BCUT2D eigenvalue weighted by Gasteiger charge is 2.59. The van der Waals surface area contributed by atoms with E-state index >= 15 is 0 Å². The normalized spacial score (nSPS) is 22.0. The number of benzene rings is 11. The number of carbonyl (C=O) groups is 6. The molecule has 6 N–H and O–H groups in total. The molecule has 6 fully saturated rings. The number of hydrogen-bond donors (Lipinski definition) is 6. The second-order valence-corrected chi connectivity index (χ2v) is 37.5. The molecule has 143 heavy (non-hydrogen) atoms. The fourth-order valence-corrected chi connectivity index (χ4v) is 20.1. The number of anilines is 6. The van der Waals surface area contributed by atoms with E-state index in [4.69, 9.17) is 32.1 Å². The van der Waals surface area contributed by atoms with Crippen molar-refractivity contribution in [3.05, 3.63) is 343 Å². The molecule has 31 heteroatoms. The number of ketones is 6. The van der Waals surface area contributed by atoms with Gasteiger partial charge in [0.15, 0.2) is 33.6 Å². The lowest BCUT2D eigenvalue weighted by molar-refractivity contribution is 0.0599. The van der Waals surface area contributed by atoms with Gasteiger partial charge in [-0.2, -0.15) is 15.8 Å². The summed E-state index contributed by atoms with van der Waals surface area (Å²) in [7, 11) is 1.54. The van der Waals surface area contributed by atoms with Gasteiger partial charge in [0.25, 0.3) is 0 Å². The fourth-order valence-electron chi connectivity index (χ4n) is 19.9. The average molecular weight is 1930 g/mol. The van der Waals surface area contributed by atoms with E-state index in [0.29, 0.717) is 189 Å². The number of nitrogens with zero attached hydrogens (tertiary/aromatic N) is 16. The maximum Gasteiger partial charge on any atom is 0.214 e. The van der Waals surface area contributed by atoms with E-state index < -0.39 is 45.2 Å². The number of hydrogen-bond acceptors (Lipinski definition) is 29. The molecule has 29 nitrogen and oxygen atoms in total. The Morgan fingerprint density at radius 3 is 0.965 bits per heavy atom. The molecule has 24 rings (SSSR count). The van der Waals surface area contributed by atoms with Crippen LogP contribution in [0.3, 0.4) is 0 Å². The van der Waals surface area contributed by atoms with Crippen LogP contribution in [-0.4, -0.2) is 185 Å². The SMILES string of the molecule is COc1cc(N2CC[C@@]3(O)C(=O)c4cc(Cl)ccc4N=C23)ccn1.Cc1cc2c(cc1C)C(=O)[C@]1(O)CCN(c3ccccc3)C1=N2.Cc1cc2c(cc1F)C(=O)[C@]1(O)CCN(c3ccc(C#N)cc3)C1=N2.Cc1ccc2c(c1)C(=O)[C@]1(O)CCN(c3ccc(C#N)c(C)c3)C1=N2.Cc1ccc2c(c1)C(=O)[C@]1(O)CCN(c3ccc(C#N)cc3)C1=N2.Cc1ccc2c(c1)C(=O)[C@]1(O)CCN(c3ccccc3)C1=N2. The van der Waals surface area contributed by atoms with Crippen molar-refractivity contribution in [1.29, 1.82) is 15.8 Å². The molecule has 6 atom stereocenters. The summed E-state index contributed by atoms with van der Waals surface area (Å²) in [4.78, 5) is 120. The van der Waals surface area contributed by atoms with Gasteiger partial charge >= 0.3 is 0 Å². The van der Waals surface area contributed by atoms with Gasteiger partial charge < -0.3 is 64.8 Å². The van der Waals surface area contributed by atoms with Gasteiger partial charge in [-0.05, 0) is 247 Å². The van der Waals surface area contributed by atoms with Crippen molar-refractivity contribution < 1.29 is 68.5 Å². The number of halogens is 2. The summed E-state index contributed by atoms with van der Waals surface area (Å²) < 4.78 is 19.0. The summed E-state index contributed by atoms with van der Waals surface area (Å²) in [5.74, 6) is 0.234. The van der Waals surface area contributed by atoms with Crippen LogP contribution in [0.2, 0.25) is 5.02 Å². The molecule has 11 aromatic carbocycles. The summed E-state index contributed by atoms with van der Waals surface area (Å²) in [5, 5.41) is 93.2. The number of aliphatic hydroxyl groups is 6. The molecule has 12 aliphatic rings. The van der Waals surface area contributed by atoms with Crippen LogP contribution in [0.1, 0.15) is 156 Å². The number of carbonyl (C=O) groups excluding carboxylic acids is 6. The van der Waals surface area contributed by atoms with Gasteiger partial charge in [-0.15, -0.1) is 0 Å². The molecule has 0 spiro atoms. The van der Waals surface area contributed by atoms with Crippen LogP contribution in [0.25, 0.3) is 0 Å². The summed E-state index contributed by atoms with van der Waals surface area (Å²) in [6, 6.07) is 76.6. The van der Waals surface area contributed by atoms with E-state index in [2.05, 4.69) is 53.1 Å². The van der Waals surface area contributed by atoms with Gasteiger partial charge in [-0.3, -0.25) is 28.8 Å². The summed E-state index contributed by atoms with van der Waals surface area (Å²) in [5.41, 5.74) is 9.29. The topological polar surface area (TPSA) is 411 Å². The molecule has 0 radical (unpaired) electrons. The van der Waals surface area contributed by atoms with Crippen molar-refractivity contribution in [2.45, 2.75) is 121 Å². The highest BCUT2D eigenvalue weighted by Crippen LogP contribution is 2.49. The lowest BCUT2D eigenvalue weighted by atomic mass is 9.86. The maximum absolute atomic E-state index is 13.8. The Kier molecular flexibility index (Phi) is 24.7. The van der Waals surface area contributed by atoms with Crippen molar-refractivity contribution in [3.8, 4) is 24.1 Å². The van der Waals surface area contributed by atoms with E-state index in [9.17, 15) is 63.8 Å². The first kappa shape index (κ1) is 95.6. The van der Waals surface area contributed by atoms with Crippen molar-refractivity contribution in [1.82, 2.24) is 4.98 Å². The zero-order chi connectivity index (χ0) is 101. The molecule has 0 bridgehead atoms. The Hall–Kier alpha value is -16.3. The smallest absolute Gasteiger partial charge is 0.214 e. The van der Waals surface area contributed by atoms with E-state index in [-0.39, 0.29) is 53.2 Å². The molecule has 0 aliphatic carbocycles. The molecule has 12 aromatic rings. The van der Waals surface area contributed by atoms with Crippen LogP contribution in [0, 0.1) is 88.3 Å². The van der Waals surface area contributed by atoms with Gasteiger partial charge in [0.1, 0.15) is 40.8 Å². The Morgan fingerprint density at radius 2 is 0.615 bits per heavy atom. The fraction of sp³-hybridized carbons (Fsp3) is 0.232. The quantitative estimate of drug-likeness (QED) is 0.0863. The minimum Gasteiger partial charge on any atom is -0.481 e. The minimum atomic E-state index is -1.75. The van der Waals surface area contributed by atoms with E-state index in [1.165, 1.54) is 13.2 Å². The summed E-state index contributed by atoms with van der Waals surface area (Å²) >= 11 is 5.97. The molecule has 12 aliphatic heterocycles. The van der Waals surface area contributed by atoms with Crippen LogP contribution >= 0.6 is 11.6 Å². The number of aryl methyl sites for hydroxylation is 7. The van der Waals surface area contributed by atoms with Crippen LogP contribution in [0.5, 0.6) is 5.88 Å². The third kappa shape index (κ3) is 16.8. The summed E-state index contributed by atoms with van der Waals surface area (Å²) in [6.07, 6.45) is 3.40. The second kappa shape index (κ2) is 37.0. The number of nitriles is 3. The first-order chi connectivity index (χ1) is 68.5. The molecule has 6 saturated heterocycles. The molecule has 0 amide bonds. The zero-order valence-electron chi connectivity index (χ0n) is 79.0. The molecule has 0 saturated carbocycles. The molecule has 0 unspecified atom stereocenters. The van der Waals surface area contributed by atoms with Crippen molar-refractivity contribution in [2.24, 2.45) is 30.0 Å². The predicted molar refractivity (Wildman–Crippen MR) is 544 cm³/mol. The molecular weight excluding hydrogens is 1830 g/mol. The third-order valence-corrected chi connectivity index (χ3v) is 28.2. The molecule has 714 valence electrons. The minimum absolute atomic E-state index is 0.107. The number of ether oxygens (including phenoxy) is 1. The Balaban J connectivity index is 0.000000109. The average Bonchev–Trinajstić information content (AvgIpc) is 1.63. The van der Waals surface area contributed by atoms with Crippen molar-refractivity contribution >= 4 is 150 Å². The van der Waals surface area contributed by atoms with Gasteiger partial charge in [-0.1, -0.05) is 82.9 Å².